The van der Waals surface area contributed by atoms with E-state index in [1.165, 1.54) is 12.1 Å². The molecule has 2 rings (SSSR count). The number of nitro groups is 1. The molecule has 0 saturated heterocycles. The van der Waals surface area contributed by atoms with E-state index in [0.29, 0.717) is 0 Å². The molecule has 2 aromatic rings. The highest BCUT2D eigenvalue weighted by molar-refractivity contribution is 5.78. The first kappa shape index (κ1) is 12.0. The lowest BCUT2D eigenvalue weighted by molar-refractivity contribution is -0.384. The van der Waals surface area contributed by atoms with Crippen molar-refractivity contribution in [2.45, 2.75) is 0 Å². The minimum absolute atomic E-state index is 0.0226. The lowest BCUT2D eigenvalue weighted by Crippen LogP contribution is -1.97. The Morgan fingerprint density at radius 2 is 1.83 bits per heavy atom. The van der Waals surface area contributed by atoms with Crippen LogP contribution in [0.15, 0.2) is 36.4 Å². The van der Waals surface area contributed by atoms with Crippen molar-refractivity contribution in [3.05, 3.63) is 58.1 Å². The summed E-state index contributed by atoms with van der Waals surface area (Å²) in [6.45, 7) is 0. The molecule has 2 aromatic carbocycles. The van der Waals surface area contributed by atoms with Gasteiger partial charge in [-0.05, 0) is 18.2 Å². The van der Waals surface area contributed by atoms with Crippen LogP contribution in [-0.2, 0) is 0 Å². The number of nitrogens with zero attached hydrogens (tertiary/aromatic N) is 1. The number of nitro benzene ring substituents is 1. The number of nitrogen functional groups attached to an aromatic ring is 1. The van der Waals surface area contributed by atoms with Gasteiger partial charge < -0.3 is 5.73 Å². The largest absolute Gasteiger partial charge is 0.398 e. The molecule has 0 amide bonds. The van der Waals surface area contributed by atoms with Gasteiger partial charge in [0.05, 0.1) is 4.92 Å². The van der Waals surface area contributed by atoms with Gasteiger partial charge in [0, 0.05) is 28.9 Å². The van der Waals surface area contributed by atoms with E-state index in [-0.39, 0.29) is 22.5 Å². The van der Waals surface area contributed by atoms with Gasteiger partial charge in [-0.2, -0.15) is 0 Å². The third kappa shape index (κ3) is 2.00. The first-order chi connectivity index (χ1) is 8.50. The molecule has 2 N–H and O–H groups in total. The molecular formula is C12H8F2N2O2. The molecule has 0 heterocycles. The summed E-state index contributed by atoms with van der Waals surface area (Å²) < 4.78 is 27.3. The van der Waals surface area contributed by atoms with Gasteiger partial charge in [0.1, 0.15) is 11.6 Å². The number of anilines is 1. The zero-order chi connectivity index (χ0) is 13.3. The Bertz CT molecular complexity index is 609. The van der Waals surface area contributed by atoms with Crippen molar-refractivity contribution in [1.82, 2.24) is 0 Å². The van der Waals surface area contributed by atoms with E-state index in [9.17, 15) is 18.9 Å². The molecular weight excluding hydrogens is 242 g/mol. The van der Waals surface area contributed by atoms with Crippen LogP contribution in [-0.4, -0.2) is 4.92 Å². The summed E-state index contributed by atoms with van der Waals surface area (Å²) in [5, 5.41) is 10.6. The van der Waals surface area contributed by atoms with E-state index in [0.717, 1.165) is 24.3 Å². The van der Waals surface area contributed by atoms with Crippen LogP contribution in [0, 0.1) is 21.7 Å². The molecule has 0 aliphatic carbocycles. The van der Waals surface area contributed by atoms with Gasteiger partial charge in [-0.25, -0.2) is 8.78 Å². The van der Waals surface area contributed by atoms with Gasteiger partial charge in [-0.15, -0.1) is 0 Å². The van der Waals surface area contributed by atoms with Gasteiger partial charge in [-0.3, -0.25) is 10.1 Å². The predicted molar refractivity (Wildman–Crippen MR) is 62.9 cm³/mol. The Labute approximate surface area is 101 Å². The lowest BCUT2D eigenvalue weighted by Gasteiger charge is -2.08. The number of benzene rings is 2. The van der Waals surface area contributed by atoms with Crippen LogP contribution in [0.5, 0.6) is 0 Å². The minimum Gasteiger partial charge on any atom is -0.398 e. The van der Waals surface area contributed by atoms with Gasteiger partial charge in [0.2, 0.25) is 0 Å². The molecule has 6 heteroatoms. The van der Waals surface area contributed by atoms with Crippen molar-refractivity contribution in [3.8, 4) is 11.1 Å². The van der Waals surface area contributed by atoms with Crippen LogP contribution >= 0.6 is 0 Å². The molecule has 0 radical (unpaired) electrons. The SMILES string of the molecule is Nc1cccc(F)c1-c1cc([N+](=O)[O-])ccc1F. The molecule has 0 bridgehead atoms. The second kappa shape index (κ2) is 4.40. The molecule has 0 aliphatic heterocycles. The quantitative estimate of drug-likeness (QED) is 0.505. The summed E-state index contributed by atoms with van der Waals surface area (Å²) in [7, 11) is 0. The van der Waals surface area contributed by atoms with Crippen molar-refractivity contribution in [2.24, 2.45) is 0 Å². The molecule has 0 aliphatic rings. The van der Waals surface area contributed by atoms with Crippen LogP contribution < -0.4 is 5.73 Å². The number of nitrogens with two attached hydrogens (primary N) is 1. The first-order valence-corrected chi connectivity index (χ1v) is 4.99. The van der Waals surface area contributed by atoms with E-state index < -0.39 is 16.6 Å². The fourth-order valence-corrected chi connectivity index (χ4v) is 1.64. The Morgan fingerprint density at radius 3 is 2.44 bits per heavy atom. The van der Waals surface area contributed by atoms with Crippen LogP contribution in [0.2, 0.25) is 0 Å². The molecule has 4 nitrogen and oxygen atoms in total. The maximum atomic E-state index is 13.6. The van der Waals surface area contributed by atoms with Gasteiger partial charge in [-0.1, -0.05) is 6.07 Å². The molecule has 0 spiro atoms. The van der Waals surface area contributed by atoms with Crippen LogP contribution in [0.25, 0.3) is 11.1 Å². The number of halogens is 2. The van der Waals surface area contributed by atoms with Crippen molar-refractivity contribution in [3.63, 3.8) is 0 Å². The average Bonchev–Trinajstić information content (AvgIpc) is 2.30. The third-order valence-corrected chi connectivity index (χ3v) is 2.48. The fourth-order valence-electron chi connectivity index (χ4n) is 1.64. The Hall–Kier alpha value is -2.50. The summed E-state index contributed by atoms with van der Waals surface area (Å²) in [5.74, 6) is -1.49. The lowest BCUT2D eigenvalue weighted by atomic mass is 10.0. The summed E-state index contributed by atoms with van der Waals surface area (Å²) in [6, 6.07) is 6.78. The van der Waals surface area contributed by atoms with Gasteiger partial charge >= 0.3 is 0 Å². The average molecular weight is 250 g/mol. The topological polar surface area (TPSA) is 69.2 Å². The highest BCUT2D eigenvalue weighted by atomic mass is 19.1. The maximum Gasteiger partial charge on any atom is 0.270 e. The third-order valence-electron chi connectivity index (χ3n) is 2.48. The van der Waals surface area contributed by atoms with Crippen LogP contribution in [0.1, 0.15) is 0 Å². The zero-order valence-corrected chi connectivity index (χ0v) is 9.06. The van der Waals surface area contributed by atoms with E-state index in [1.54, 1.807) is 0 Å². The maximum absolute atomic E-state index is 13.6. The predicted octanol–water partition coefficient (Wildman–Crippen LogP) is 3.12. The Balaban J connectivity index is 2.70. The zero-order valence-electron chi connectivity index (χ0n) is 9.06. The number of rotatable bonds is 2. The molecule has 92 valence electrons. The molecule has 0 fully saturated rings. The first-order valence-electron chi connectivity index (χ1n) is 4.99. The van der Waals surface area contributed by atoms with Crippen LogP contribution in [0.3, 0.4) is 0 Å². The number of hydrogen-bond donors (Lipinski definition) is 1. The highest BCUT2D eigenvalue weighted by Gasteiger charge is 2.17. The van der Waals surface area contributed by atoms with E-state index in [1.807, 2.05) is 0 Å². The minimum atomic E-state index is -0.766. The van der Waals surface area contributed by atoms with Gasteiger partial charge in [0.25, 0.3) is 5.69 Å². The second-order valence-corrected chi connectivity index (χ2v) is 3.63. The van der Waals surface area contributed by atoms with Crippen molar-refractivity contribution in [2.75, 3.05) is 5.73 Å². The number of hydrogen-bond acceptors (Lipinski definition) is 3. The molecule has 18 heavy (non-hydrogen) atoms. The summed E-state index contributed by atoms with van der Waals surface area (Å²) in [4.78, 5) is 9.94. The van der Waals surface area contributed by atoms with Crippen molar-refractivity contribution in [1.29, 1.82) is 0 Å². The molecule has 0 saturated carbocycles. The fraction of sp³-hybridized carbons (Fsp3) is 0. The standard InChI is InChI=1S/C12H8F2N2O2/c13-9-5-4-7(16(17)18)6-8(9)12-10(14)2-1-3-11(12)15/h1-6H,15H2. The Morgan fingerprint density at radius 1 is 1.11 bits per heavy atom. The van der Waals surface area contributed by atoms with E-state index in [4.69, 9.17) is 5.73 Å². The highest BCUT2D eigenvalue weighted by Crippen LogP contribution is 2.33. The van der Waals surface area contributed by atoms with Crippen molar-refractivity contribution < 1.29 is 13.7 Å². The second-order valence-electron chi connectivity index (χ2n) is 3.63. The Kier molecular flexibility index (Phi) is 2.93. The van der Waals surface area contributed by atoms with Crippen molar-refractivity contribution >= 4 is 11.4 Å². The van der Waals surface area contributed by atoms with Gasteiger partial charge in [0.15, 0.2) is 0 Å². The van der Waals surface area contributed by atoms with E-state index in [2.05, 4.69) is 0 Å². The smallest absolute Gasteiger partial charge is 0.270 e. The summed E-state index contributed by atoms with van der Waals surface area (Å²) in [6.07, 6.45) is 0. The monoisotopic (exact) mass is 250 g/mol. The van der Waals surface area contributed by atoms with E-state index >= 15 is 0 Å². The molecule has 0 unspecified atom stereocenters. The molecule has 0 atom stereocenters. The van der Waals surface area contributed by atoms with Crippen LogP contribution in [0.4, 0.5) is 20.2 Å². The number of non-ortho nitro benzene ring substituents is 1. The summed E-state index contributed by atoms with van der Waals surface area (Å²) >= 11 is 0. The molecule has 0 aromatic heterocycles. The normalized spacial score (nSPS) is 10.3. The summed E-state index contributed by atoms with van der Waals surface area (Å²) in [5.41, 5.74) is 4.88.